The van der Waals surface area contributed by atoms with E-state index >= 15 is 0 Å². The van der Waals surface area contributed by atoms with Crippen molar-refractivity contribution in [3.8, 4) is 16.9 Å². The number of benzene rings is 5. The summed E-state index contributed by atoms with van der Waals surface area (Å²) >= 11 is 0. The summed E-state index contributed by atoms with van der Waals surface area (Å²) in [4.78, 5) is 5.20. The van der Waals surface area contributed by atoms with E-state index in [9.17, 15) is 0 Å². The van der Waals surface area contributed by atoms with Gasteiger partial charge in [0, 0.05) is 65.0 Å². The Bertz CT molecular complexity index is 2240. The van der Waals surface area contributed by atoms with Crippen LogP contribution in [0.1, 0.15) is 113 Å². The normalized spacial score (nSPS) is 23.5. The van der Waals surface area contributed by atoms with Crippen LogP contribution < -0.4 is 14.5 Å². The Balaban J connectivity index is 1.21. The molecule has 1 spiro atoms. The summed E-state index contributed by atoms with van der Waals surface area (Å²) < 4.78 is 7.76. The summed E-state index contributed by atoms with van der Waals surface area (Å²) in [5.74, 6) is 1.03. The summed E-state index contributed by atoms with van der Waals surface area (Å²) in [6.07, 6.45) is 16.2. The molecule has 1 atom stereocenters. The molecular weight excluding hydrogens is 657 g/mol. The van der Waals surface area contributed by atoms with Crippen molar-refractivity contribution >= 4 is 28.2 Å². The second kappa shape index (κ2) is 12.5. The zero-order valence-electron chi connectivity index (χ0n) is 32.9. The van der Waals surface area contributed by atoms with Crippen molar-refractivity contribution < 1.29 is 4.74 Å². The molecule has 5 aliphatic rings. The average Bonchev–Trinajstić information content (AvgIpc) is 3.45. The van der Waals surface area contributed by atoms with E-state index in [0.29, 0.717) is 0 Å². The molecule has 3 nitrogen and oxygen atoms in total. The van der Waals surface area contributed by atoms with E-state index in [-0.39, 0.29) is 16.2 Å². The molecular formula is C51H56N2O. The van der Waals surface area contributed by atoms with Gasteiger partial charge in [-0.15, -0.1) is 0 Å². The molecule has 10 rings (SSSR count). The van der Waals surface area contributed by atoms with Crippen LogP contribution in [0.4, 0.5) is 11.4 Å². The fraction of sp³-hybridized carbons (Fsp3) is 0.412. The molecule has 0 amide bonds. The topological polar surface area (TPSA) is 15.7 Å². The van der Waals surface area contributed by atoms with E-state index in [2.05, 4.69) is 147 Å². The number of ether oxygens (including phenoxy) is 1. The molecule has 3 aliphatic heterocycles. The van der Waals surface area contributed by atoms with Gasteiger partial charge in [-0.2, -0.15) is 0 Å². The van der Waals surface area contributed by atoms with E-state index in [4.69, 9.17) is 4.74 Å². The van der Waals surface area contributed by atoms with Crippen LogP contribution in [0.2, 0.25) is 0 Å². The average molecular weight is 713 g/mol. The van der Waals surface area contributed by atoms with Crippen molar-refractivity contribution in [3.63, 3.8) is 0 Å². The summed E-state index contributed by atoms with van der Waals surface area (Å²) in [6, 6.07) is 36.9. The van der Waals surface area contributed by atoms with Gasteiger partial charge in [0.15, 0.2) is 5.60 Å². The Hall–Kier alpha value is -4.50. The molecule has 0 radical (unpaired) electrons. The van der Waals surface area contributed by atoms with Crippen molar-refractivity contribution in [3.05, 3.63) is 131 Å². The molecule has 54 heavy (non-hydrogen) atoms. The Morgan fingerprint density at radius 1 is 0.556 bits per heavy atom. The fourth-order valence-corrected chi connectivity index (χ4v) is 12.2. The maximum Gasteiger partial charge on any atom is 0.178 e. The monoisotopic (exact) mass is 712 g/mol. The first-order valence-electron chi connectivity index (χ1n) is 20.9. The lowest BCUT2D eigenvalue weighted by Crippen LogP contribution is -2.44. The van der Waals surface area contributed by atoms with Crippen molar-refractivity contribution in [2.45, 2.75) is 96.5 Å². The van der Waals surface area contributed by atoms with Crippen LogP contribution in [-0.2, 0) is 11.0 Å². The first kappa shape index (κ1) is 34.0. The Labute approximate surface area is 323 Å². The minimum atomic E-state index is -0.753. The van der Waals surface area contributed by atoms with Gasteiger partial charge in [0.1, 0.15) is 5.75 Å². The summed E-state index contributed by atoms with van der Waals surface area (Å²) in [5.41, 5.74) is 11.7. The first-order chi connectivity index (χ1) is 26.2. The molecule has 3 heterocycles. The number of nitrogens with zero attached hydrogens (tertiary/aromatic N) is 2. The summed E-state index contributed by atoms with van der Waals surface area (Å²) in [7, 11) is 0. The van der Waals surface area contributed by atoms with Gasteiger partial charge in [0.25, 0.3) is 0 Å². The zero-order valence-corrected chi connectivity index (χ0v) is 32.9. The number of fused-ring (bicyclic) bond motifs is 10. The summed E-state index contributed by atoms with van der Waals surface area (Å²) in [6.45, 7) is 14.7. The molecule has 3 fully saturated rings. The predicted molar refractivity (Wildman–Crippen MR) is 227 cm³/mol. The lowest BCUT2D eigenvalue weighted by Gasteiger charge is -2.52. The quantitative estimate of drug-likeness (QED) is 0.184. The highest BCUT2D eigenvalue weighted by Gasteiger charge is 2.55. The van der Waals surface area contributed by atoms with Crippen LogP contribution in [-0.4, -0.2) is 26.2 Å². The fourth-order valence-electron chi connectivity index (χ4n) is 12.2. The van der Waals surface area contributed by atoms with Gasteiger partial charge in [0.2, 0.25) is 0 Å². The minimum Gasteiger partial charge on any atom is -0.472 e. The van der Waals surface area contributed by atoms with Gasteiger partial charge in [-0.1, -0.05) is 107 Å². The van der Waals surface area contributed by atoms with Crippen molar-refractivity contribution in [2.24, 2.45) is 10.8 Å². The van der Waals surface area contributed by atoms with E-state index in [1.807, 2.05) is 0 Å². The predicted octanol–water partition coefficient (Wildman–Crippen LogP) is 12.7. The maximum absolute atomic E-state index is 7.76. The molecule has 3 heteroatoms. The van der Waals surface area contributed by atoms with Gasteiger partial charge in [0.05, 0.1) is 0 Å². The Morgan fingerprint density at radius 2 is 1.13 bits per heavy atom. The van der Waals surface area contributed by atoms with E-state index in [1.165, 1.54) is 94.9 Å². The number of rotatable bonds is 4. The largest absolute Gasteiger partial charge is 0.472 e. The highest BCUT2D eigenvalue weighted by molar-refractivity contribution is 6.09. The number of hydrogen-bond acceptors (Lipinski definition) is 3. The van der Waals surface area contributed by atoms with Gasteiger partial charge < -0.3 is 14.5 Å². The van der Waals surface area contributed by atoms with Crippen LogP contribution in [0.3, 0.4) is 0 Å². The van der Waals surface area contributed by atoms with Crippen LogP contribution in [0, 0.1) is 10.8 Å². The highest BCUT2D eigenvalue weighted by atomic mass is 16.5. The third kappa shape index (κ3) is 5.35. The smallest absolute Gasteiger partial charge is 0.178 e. The Kier molecular flexibility index (Phi) is 7.89. The van der Waals surface area contributed by atoms with Crippen LogP contribution in [0.25, 0.3) is 28.0 Å². The number of anilines is 2. The summed E-state index contributed by atoms with van der Waals surface area (Å²) in [5, 5.41) is 2.52. The molecule has 0 bridgehead atoms. The molecule has 2 aliphatic carbocycles. The molecule has 1 saturated carbocycles. The second-order valence-corrected chi connectivity index (χ2v) is 18.9. The van der Waals surface area contributed by atoms with Gasteiger partial charge in [-0.25, -0.2) is 0 Å². The zero-order chi connectivity index (χ0) is 36.7. The molecule has 0 aromatic heterocycles. The molecule has 1 unspecified atom stereocenters. The van der Waals surface area contributed by atoms with Gasteiger partial charge >= 0.3 is 0 Å². The lowest BCUT2D eigenvalue weighted by atomic mass is 9.52. The van der Waals surface area contributed by atoms with Gasteiger partial charge in [-0.3, -0.25) is 0 Å². The minimum absolute atomic E-state index is 0.119. The van der Waals surface area contributed by atoms with E-state index in [0.717, 1.165) is 50.3 Å². The first-order valence-corrected chi connectivity index (χ1v) is 20.9. The van der Waals surface area contributed by atoms with E-state index < -0.39 is 5.60 Å². The standard InChI is InChI=1S/C51H56N2O/c1-48(2)33-49(3,4)35-50(34-48)44-32-39(53-30-14-7-15-31-53)24-25-42(44)45-40-18-10-11-19-41(40)47-43(46(45)50)26-27-51(54-47,36-16-8-5-9-17-36)37-20-22-38(23-21-37)52-28-12-6-13-29-52/h5,8-11,16-27,32H,6-7,12-15,28-31,33-35H2,1-4H3. The van der Waals surface area contributed by atoms with Crippen LogP contribution in [0.15, 0.2) is 103 Å². The SMILES string of the molecule is CC1(C)CC(C)(C)CC2(C1)c1cc(N3CCCCC3)ccc1-c1c2c2c(c3ccccc13)OC(c1ccccc1)(c1ccc(N3CCCCC3)cc1)C=C2. The Morgan fingerprint density at radius 3 is 1.80 bits per heavy atom. The van der Waals surface area contributed by atoms with Crippen molar-refractivity contribution in [1.29, 1.82) is 0 Å². The molecule has 276 valence electrons. The molecule has 0 N–H and O–H groups in total. The maximum atomic E-state index is 7.76. The second-order valence-electron chi connectivity index (χ2n) is 18.9. The van der Waals surface area contributed by atoms with Crippen LogP contribution >= 0.6 is 0 Å². The highest BCUT2D eigenvalue weighted by Crippen LogP contribution is 2.67. The third-order valence-corrected chi connectivity index (χ3v) is 13.7. The molecule has 5 aromatic carbocycles. The van der Waals surface area contributed by atoms with Gasteiger partial charge in [-0.05, 0) is 127 Å². The lowest BCUT2D eigenvalue weighted by molar-refractivity contribution is 0.0642. The molecule has 5 aromatic rings. The van der Waals surface area contributed by atoms with Crippen molar-refractivity contribution in [1.82, 2.24) is 0 Å². The number of piperidine rings is 2. The number of hydrogen-bond donors (Lipinski definition) is 0. The van der Waals surface area contributed by atoms with E-state index in [1.54, 1.807) is 5.56 Å². The third-order valence-electron chi connectivity index (χ3n) is 13.7. The van der Waals surface area contributed by atoms with Crippen LogP contribution in [0.5, 0.6) is 5.75 Å². The molecule has 2 saturated heterocycles. The van der Waals surface area contributed by atoms with Crippen molar-refractivity contribution in [2.75, 3.05) is 36.0 Å².